The van der Waals surface area contributed by atoms with Gasteiger partial charge in [-0.1, -0.05) is 26.8 Å². The quantitative estimate of drug-likeness (QED) is 0.871. The Morgan fingerprint density at radius 2 is 2.14 bits per heavy atom. The fourth-order valence-electron chi connectivity index (χ4n) is 3.32. The molecule has 3 atom stereocenters. The summed E-state index contributed by atoms with van der Waals surface area (Å²) in [6, 6.07) is 3.63. The first-order valence-corrected chi connectivity index (χ1v) is 7.40. The van der Waals surface area contributed by atoms with Gasteiger partial charge < -0.3 is 4.74 Å². The van der Waals surface area contributed by atoms with E-state index in [1.165, 1.54) is 18.5 Å². The Kier molecular flexibility index (Phi) is 3.72. The van der Waals surface area contributed by atoms with Crippen LogP contribution in [-0.4, -0.2) is 20.9 Å². The monoisotopic (exact) mass is 307 g/mol. The highest BCUT2D eigenvalue weighted by Crippen LogP contribution is 2.51. The Morgan fingerprint density at radius 3 is 2.68 bits per heavy atom. The van der Waals surface area contributed by atoms with Gasteiger partial charge in [0.1, 0.15) is 29.9 Å². The lowest BCUT2D eigenvalue weighted by Crippen LogP contribution is -2.60. The minimum Gasteiger partial charge on any atom is -0.364 e. The van der Waals surface area contributed by atoms with Crippen molar-refractivity contribution in [3.63, 3.8) is 0 Å². The van der Waals surface area contributed by atoms with Crippen LogP contribution in [0.25, 0.3) is 0 Å². The molecule has 0 unspecified atom stereocenters. The highest BCUT2D eigenvalue weighted by molar-refractivity contribution is 5.29. The topological polar surface area (TPSA) is 39.9 Å². The van der Waals surface area contributed by atoms with Gasteiger partial charge in [-0.3, -0.25) is 0 Å². The molecule has 2 aromatic rings. The lowest BCUT2D eigenvalue weighted by molar-refractivity contribution is -0.285. The van der Waals surface area contributed by atoms with E-state index in [4.69, 9.17) is 4.74 Å². The number of nitrogens with zero attached hydrogens (tertiary/aromatic N) is 3. The summed E-state index contributed by atoms with van der Waals surface area (Å²) in [5.74, 6) is -0.780. The van der Waals surface area contributed by atoms with Crippen LogP contribution in [-0.2, 0) is 16.9 Å². The van der Waals surface area contributed by atoms with Gasteiger partial charge in [0.25, 0.3) is 0 Å². The van der Waals surface area contributed by atoms with Gasteiger partial charge in [-0.25, -0.2) is 18.4 Å². The third-order valence-corrected chi connectivity index (χ3v) is 4.48. The van der Waals surface area contributed by atoms with Gasteiger partial charge in [0.2, 0.25) is 0 Å². The molecule has 0 amide bonds. The molecule has 1 aromatic carbocycles. The van der Waals surface area contributed by atoms with Crippen LogP contribution in [0.1, 0.15) is 26.3 Å². The molecular weight excluding hydrogens is 288 g/mol. The first-order chi connectivity index (χ1) is 10.4. The molecule has 4 nitrogen and oxygen atoms in total. The van der Waals surface area contributed by atoms with E-state index >= 15 is 0 Å². The van der Waals surface area contributed by atoms with E-state index in [0.717, 1.165) is 6.07 Å². The number of aromatic nitrogens is 3. The Labute approximate surface area is 128 Å². The normalized spacial score (nSPS) is 27.9. The van der Waals surface area contributed by atoms with E-state index in [1.807, 2.05) is 6.92 Å². The third-order valence-electron chi connectivity index (χ3n) is 4.48. The standard InChI is InChI=1S/C16H19F2N3O/c1-10(2)15-11(3)16(22-15,7-21-9-19-8-20-21)13-5-4-12(17)6-14(13)18/h4-6,8-11,15H,7H2,1-3H3/t11-,15-,16+/m0/s1. The Bertz CT molecular complexity index is 659. The molecule has 6 heteroatoms. The van der Waals surface area contributed by atoms with Gasteiger partial charge in [-0.05, 0) is 12.0 Å². The molecule has 0 spiro atoms. The molecule has 1 fully saturated rings. The maximum absolute atomic E-state index is 14.3. The molecule has 0 bridgehead atoms. The third kappa shape index (κ3) is 2.31. The van der Waals surface area contributed by atoms with Gasteiger partial charge in [-0.2, -0.15) is 5.10 Å². The summed E-state index contributed by atoms with van der Waals surface area (Å²) in [6.07, 6.45) is 3.04. The van der Waals surface area contributed by atoms with Crippen LogP contribution in [0.3, 0.4) is 0 Å². The predicted octanol–water partition coefficient (Wildman–Crippen LogP) is 3.14. The maximum Gasteiger partial charge on any atom is 0.137 e. The average Bonchev–Trinajstić information content (AvgIpc) is 2.95. The number of hydrogen-bond donors (Lipinski definition) is 0. The van der Waals surface area contributed by atoms with E-state index in [-0.39, 0.29) is 12.0 Å². The second kappa shape index (κ2) is 5.43. The van der Waals surface area contributed by atoms with Crippen molar-refractivity contribution in [2.45, 2.75) is 39.0 Å². The molecule has 22 heavy (non-hydrogen) atoms. The van der Waals surface area contributed by atoms with E-state index in [2.05, 4.69) is 23.9 Å². The van der Waals surface area contributed by atoms with Crippen LogP contribution in [0.15, 0.2) is 30.9 Å². The second-order valence-corrected chi connectivity index (χ2v) is 6.22. The van der Waals surface area contributed by atoms with Crippen molar-refractivity contribution >= 4 is 0 Å². The molecule has 1 aromatic heterocycles. The summed E-state index contributed by atoms with van der Waals surface area (Å²) in [4.78, 5) is 3.92. The highest BCUT2D eigenvalue weighted by Gasteiger charge is 2.56. The van der Waals surface area contributed by atoms with Crippen LogP contribution in [0.5, 0.6) is 0 Å². The summed E-state index contributed by atoms with van der Waals surface area (Å²) < 4.78 is 35.3. The van der Waals surface area contributed by atoms with Crippen molar-refractivity contribution < 1.29 is 13.5 Å². The minimum atomic E-state index is -0.847. The zero-order chi connectivity index (χ0) is 15.9. The summed E-state index contributed by atoms with van der Waals surface area (Å²) in [6.45, 7) is 6.52. The van der Waals surface area contributed by atoms with Crippen molar-refractivity contribution in [1.82, 2.24) is 14.8 Å². The number of halogens is 2. The van der Waals surface area contributed by atoms with Gasteiger partial charge >= 0.3 is 0 Å². The summed E-state index contributed by atoms with van der Waals surface area (Å²) in [5, 5.41) is 4.09. The molecule has 2 heterocycles. The average molecular weight is 307 g/mol. The summed E-state index contributed by atoms with van der Waals surface area (Å²) in [5.41, 5.74) is -0.478. The van der Waals surface area contributed by atoms with E-state index in [1.54, 1.807) is 11.0 Å². The Morgan fingerprint density at radius 1 is 1.36 bits per heavy atom. The van der Waals surface area contributed by atoms with Crippen molar-refractivity contribution in [2.75, 3.05) is 0 Å². The molecule has 0 saturated carbocycles. The Hall–Kier alpha value is -1.82. The lowest BCUT2D eigenvalue weighted by Gasteiger charge is -2.55. The second-order valence-electron chi connectivity index (χ2n) is 6.22. The number of hydrogen-bond acceptors (Lipinski definition) is 3. The van der Waals surface area contributed by atoms with E-state index in [0.29, 0.717) is 18.0 Å². The number of rotatable bonds is 4. The summed E-state index contributed by atoms with van der Waals surface area (Å²) in [7, 11) is 0. The van der Waals surface area contributed by atoms with Gasteiger partial charge in [-0.15, -0.1) is 0 Å². The van der Waals surface area contributed by atoms with Gasteiger partial charge in [0, 0.05) is 17.5 Å². The van der Waals surface area contributed by atoms with Crippen LogP contribution in [0.4, 0.5) is 8.78 Å². The van der Waals surface area contributed by atoms with Crippen molar-refractivity contribution in [2.24, 2.45) is 11.8 Å². The Balaban J connectivity index is 2.00. The van der Waals surface area contributed by atoms with Crippen LogP contribution < -0.4 is 0 Å². The van der Waals surface area contributed by atoms with Crippen LogP contribution >= 0.6 is 0 Å². The number of benzene rings is 1. The zero-order valence-electron chi connectivity index (χ0n) is 12.8. The molecule has 118 valence electrons. The van der Waals surface area contributed by atoms with Gasteiger partial charge in [0.15, 0.2) is 0 Å². The zero-order valence-corrected chi connectivity index (χ0v) is 12.8. The minimum absolute atomic E-state index is 0.0352. The van der Waals surface area contributed by atoms with E-state index in [9.17, 15) is 8.78 Å². The SMILES string of the molecule is CC(C)[C@@H]1O[C@@](Cn2cncn2)(c2ccc(F)cc2F)[C@H]1C. The molecule has 3 rings (SSSR count). The van der Waals surface area contributed by atoms with Crippen molar-refractivity contribution in [3.05, 3.63) is 48.1 Å². The fraction of sp³-hybridized carbons (Fsp3) is 0.500. The van der Waals surface area contributed by atoms with Crippen LogP contribution in [0.2, 0.25) is 0 Å². The van der Waals surface area contributed by atoms with Crippen molar-refractivity contribution in [3.8, 4) is 0 Å². The summed E-state index contributed by atoms with van der Waals surface area (Å²) >= 11 is 0. The highest BCUT2D eigenvalue weighted by atomic mass is 19.1. The number of ether oxygens (including phenoxy) is 1. The van der Waals surface area contributed by atoms with Gasteiger partial charge in [0.05, 0.1) is 12.6 Å². The van der Waals surface area contributed by atoms with E-state index < -0.39 is 17.2 Å². The molecule has 1 aliphatic rings. The maximum atomic E-state index is 14.3. The molecule has 0 N–H and O–H groups in total. The smallest absolute Gasteiger partial charge is 0.137 e. The molecular formula is C16H19F2N3O. The van der Waals surface area contributed by atoms with Crippen LogP contribution in [0, 0.1) is 23.5 Å². The first-order valence-electron chi connectivity index (χ1n) is 7.40. The molecule has 0 aliphatic carbocycles. The predicted molar refractivity (Wildman–Crippen MR) is 76.9 cm³/mol. The fourth-order valence-corrected chi connectivity index (χ4v) is 3.32. The largest absolute Gasteiger partial charge is 0.364 e. The molecule has 1 aliphatic heterocycles. The van der Waals surface area contributed by atoms with Crippen molar-refractivity contribution in [1.29, 1.82) is 0 Å². The lowest BCUT2D eigenvalue weighted by atomic mass is 9.70. The molecule has 0 radical (unpaired) electrons. The molecule has 1 saturated heterocycles. The first kappa shape index (κ1) is 15.1.